The lowest BCUT2D eigenvalue weighted by Gasteiger charge is -2.34. The molecule has 1 aliphatic rings. The van der Waals surface area contributed by atoms with Gasteiger partial charge in [0.2, 0.25) is 11.9 Å². The predicted octanol–water partition coefficient (Wildman–Crippen LogP) is 2.03. The van der Waals surface area contributed by atoms with Crippen LogP contribution < -0.4 is 4.90 Å². The van der Waals surface area contributed by atoms with Gasteiger partial charge in [-0.15, -0.1) is 0 Å². The van der Waals surface area contributed by atoms with E-state index in [9.17, 15) is 9.18 Å². The van der Waals surface area contributed by atoms with E-state index in [1.54, 1.807) is 29.3 Å². The summed E-state index contributed by atoms with van der Waals surface area (Å²) >= 11 is 5.81. The van der Waals surface area contributed by atoms with E-state index in [-0.39, 0.29) is 5.91 Å². The Morgan fingerprint density at radius 2 is 1.96 bits per heavy atom. The van der Waals surface area contributed by atoms with Gasteiger partial charge in [-0.3, -0.25) is 4.79 Å². The van der Waals surface area contributed by atoms with Crippen molar-refractivity contribution in [2.75, 3.05) is 31.1 Å². The van der Waals surface area contributed by atoms with Crippen LogP contribution in [0.4, 0.5) is 10.2 Å². The molecule has 0 N–H and O–H groups in total. The Hall–Kier alpha value is -2.54. The first-order valence-electron chi connectivity index (χ1n) is 7.43. The summed E-state index contributed by atoms with van der Waals surface area (Å²) in [7, 11) is 0. The molecule has 124 valence electrons. The normalized spacial score (nSPS) is 15.1. The number of amides is 1. The number of anilines is 1. The fourth-order valence-corrected chi connectivity index (χ4v) is 2.63. The van der Waals surface area contributed by atoms with Crippen LogP contribution in [0.1, 0.15) is 5.56 Å². The number of piperazine rings is 1. The van der Waals surface area contributed by atoms with Crippen LogP contribution in [0.25, 0.3) is 6.08 Å². The highest BCUT2D eigenvalue weighted by atomic mass is 35.5. The SMILES string of the molecule is O=C(/C=C/c1ccnc(Cl)c1)N1CCN(c2cc(F)ncn2)CC1. The van der Waals surface area contributed by atoms with Crippen LogP contribution in [0, 0.1) is 5.95 Å². The molecule has 0 saturated carbocycles. The minimum absolute atomic E-state index is 0.0727. The molecule has 2 aromatic rings. The molecule has 3 heterocycles. The van der Waals surface area contributed by atoms with E-state index in [2.05, 4.69) is 15.0 Å². The standard InChI is InChI=1S/C16H15ClFN5O/c17-13-9-12(3-4-19-13)1-2-16(24)23-7-5-22(6-8-23)15-10-14(18)20-11-21-15/h1-4,9-11H,5-8H2/b2-1+. The number of halogens is 2. The van der Waals surface area contributed by atoms with E-state index in [1.165, 1.54) is 18.5 Å². The zero-order chi connectivity index (χ0) is 16.9. The van der Waals surface area contributed by atoms with Gasteiger partial charge in [0.25, 0.3) is 0 Å². The molecular weight excluding hydrogens is 333 g/mol. The minimum atomic E-state index is -0.558. The summed E-state index contributed by atoms with van der Waals surface area (Å²) in [4.78, 5) is 27.3. The highest BCUT2D eigenvalue weighted by molar-refractivity contribution is 6.29. The number of aromatic nitrogens is 3. The Kier molecular flexibility index (Phi) is 5.00. The first kappa shape index (κ1) is 16.3. The number of hydrogen-bond donors (Lipinski definition) is 0. The zero-order valence-corrected chi connectivity index (χ0v) is 13.5. The largest absolute Gasteiger partial charge is 0.353 e. The number of carbonyl (C=O) groups excluding carboxylic acids is 1. The number of hydrogen-bond acceptors (Lipinski definition) is 5. The predicted molar refractivity (Wildman–Crippen MR) is 89.1 cm³/mol. The lowest BCUT2D eigenvalue weighted by Crippen LogP contribution is -2.48. The Balaban J connectivity index is 1.57. The molecule has 0 bridgehead atoms. The van der Waals surface area contributed by atoms with Gasteiger partial charge in [0, 0.05) is 44.5 Å². The maximum Gasteiger partial charge on any atom is 0.246 e. The van der Waals surface area contributed by atoms with Crippen LogP contribution in [0.5, 0.6) is 0 Å². The summed E-state index contributed by atoms with van der Waals surface area (Å²) < 4.78 is 13.2. The second kappa shape index (κ2) is 7.35. The molecular formula is C16H15ClFN5O. The maximum absolute atomic E-state index is 13.2. The molecule has 1 aliphatic heterocycles. The summed E-state index contributed by atoms with van der Waals surface area (Å²) in [6.07, 6.45) is 6.02. The lowest BCUT2D eigenvalue weighted by atomic mass is 10.2. The third-order valence-electron chi connectivity index (χ3n) is 3.70. The summed E-state index contributed by atoms with van der Waals surface area (Å²) in [5.41, 5.74) is 0.818. The quantitative estimate of drug-likeness (QED) is 0.483. The molecule has 2 aromatic heterocycles. The van der Waals surface area contributed by atoms with Crippen molar-refractivity contribution in [1.29, 1.82) is 0 Å². The molecule has 0 unspecified atom stereocenters. The van der Waals surface area contributed by atoms with Crippen LogP contribution in [-0.2, 0) is 4.79 Å². The molecule has 0 radical (unpaired) electrons. The van der Waals surface area contributed by atoms with Crippen LogP contribution in [0.3, 0.4) is 0 Å². The van der Waals surface area contributed by atoms with Crippen molar-refractivity contribution < 1.29 is 9.18 Å². The van der Waals surface area contributed by atoms with Gasteiger partial charge >= 0.3 is 0 Å². The van der Waals surface area contributed by atoms with E-state index in [0.717, 1.165) is 5.56 Å². The van der Waals surface area contributed by atoms with Crippen molar-refractivity contribution in [1.82, 2.24) is 19.9 Å². The second-order valence-corrected chi connectivity index (χ2v) is 5.64. The average molecular weight is 348 g/mol. The van der Waals surface area contributed by atoms with Gasteiger partial charge in [-0.1, -0.05) is 11.6 Å². The van der Waals surface area contributed by atoms with Crippen molar-refractivity contribution >= 4 is 29.4 Å². The topological polar surface area (TPSA) is 62.2 Å². The fourth-order valence-electron chi connectivity index (χ4n) is 2.45. The molecule has 3 rings (SSSR count). The molecule has 0 atom stereocenters. The molecule has 1 amide bonds. The van der Waals surface area contributed by atoms with E-state index in [1.807, 2.05) is 4.90 Å². The van der Waals surface area contributed by atoms with Crippen molar-refractivity contribution in [2.45, 2.75) is 0 Å². The van der Waals surface area contributed by atoms with Gasteiger partial charge < -0.3 is 9.80 Å². The minimum Gasteiger partial charge on any atom is -0.353 e. The Labute approximate surface area is 143 Å². The van der Waals surface area contributed by atoms with Crippen LogP contribution in [0.2, 0.25) is 5.15 Å². The van der Waals surface area contributed by atoms with Crippen LogP contribution in [-0.4, -0.2) is 51.9 Å². The van der Waals surface area contributed by atoms with Gasteiger partial charge in [-0.2, -0.15) is 4.39 Å². The van der Waals surface area contributed by atoms with Crippen molar-refractivity contribution in [2.24, 2.45) is 0 Å². The number of nitrogens with zero attached hydrogens (tertiary/aromatic N) is 5. The second-order valence-electron chi connectivity index (χ2n) is 5.26. The first-order chi connectivity index (χ1) is 11.6. The molecule has 0 aliphatic carbocycles. The third kappa shape index (κ3) is 4.05. The molecule has 24 heavy (non-hydrogen) atoms. The van der Waals surface area contributed by atoms with Crippen LogP contribution >= 0.6 is 11.6 Å². The summed E-state index contributed by atoms with van der Waals surface area (Å²) in [5, 5.41) is 0.385. The maximum atomic E-state index is 13.2. The lowest BCUT2D eigenvalue weighted by molar-refractivity contribution is -0.126. The molecule has 8 heteroatoms. The number of pyridine rings is 1. The van der Waals surface area contributed by atoms with Crippen molar-refractivity contribution in [3.8, 4) is 0 Å². The van der Waals surface area contributed by atoms with E-state index in [4.69, 9.17) is 11.6 Å². The highest BCUT2D eigenvalue weighted by Crippen LogP contribution is 2.14. The smallest absolute Gasteiger partial charge is 0.246 e. The highest BCUT2D eigenvalue weighted by Gasteiger charge is 2.20. The van der Waals surface area contributed by atoms with Gasteiger partial charge in [0.15, 0.2) is 0 Å². The Morgan fingerprint density at radius 3 is 2.67 bits per heavy atom. The molecule has 1 saturated heterocycles. The van der Waals surface area contributed by atoms with Crippen LogP contribution in [0.15, 0.2) is 36.8 Å². The summed E-state index contributed by atoms with van der Waals surface area (Å²) in [6, 6.07) is 4.76. The van der Waals surface area contributed by atoms with E-state index >= 15 is 0 Å². The summed E-state index contributed by atoms with van der Waals surface area (Å²) in [5.74, 6) is -0.0922. The van der Waals surface area contributed by atoms with Crippen molar-refractivity contribution in [3.05, 3.63) is 53.5 Å². The first-order valence-corrected chi connectivity index (χ1v) is 7.80. The molecule has 6 nitrogen and oxygen atoms in total. The Bertz CT molecular complexity index is 762. The molecule has 0 aromatic carbocycles. The molecule has 0 spiro atoms. The zero-order valence-electron chi connectivity index (χ0n) is 12.8. The number of carbonyl (C=O) groups is 1. The van der Waals surface area contributed by atoms with Gasteiger partial charge in [0.1, 0.15) is 17.3 Å². The van der Waals surface area contributed by atoms with E-state index in [0.29, 0.717) is 37.1 Å². The fraction of sp³-hybridized carbons (Fsp3) is 0.250. The third-order valence-corrected chi connectivity index (χ3v) is 3.91. The monoisotopic (exact) mass is 347 g/mol. The molecule has 1 fully saturated rings. The Morgan fingerprint density at radius 1 is 1.17 bits per heavy atom. The summed E-state index contributed by atoms with van der Waals surface area (Å²) in [6.45, 7) is 2.28. The average Bonchev–Trinajstić information content (AvgIpc) is 2.60. The van der Waals surface area contributed by atoms with Crippen molar-refractivity contribution in [3.63, 3.8) is 0 Å². The van der Waals surface area contributed by atoms with Gasteiger partial charge in [-0.05, 0) is 23.8 Å². The van der Waals surface area contributed by atoms with E-state index < -0.39 is 5.95 Å². The van der Waals surface area contributed by atoms with Gasteiger partial charge in [-0.25, -0.2) is 15.0 Å². The van der Waals surface area contributed by atoms with Gasteiger partial charge in [0.05, 0.1) is 0 Å². The number of rotatable bonds is 3.